The van der Waals surface area contributed by atoms with Crippen molar-refractivity contribution in [1.29, 1.82) is 0 Å². The van der Waals surface area contributed by atoms with Gasteiger partial charge in [0.25, 0.3) is 0 Å². The normalized spacial score (nSPS) is 27.8. The zero-order chi connectivity index (χ0) is 13.4. The lowest BCUT2D eigenvalue weighted by molar-refractivity contribution is -0.142. The van der Waals surface area contributed by atoms with E-state index in [4.69, 9.17) is 0 Å². The SMILES string of the molecule is Cn1cc(CCN2CC(C(=O)O)C(C3CC3)C2)cn1. The van der Waals surface area contributed by atoms with Gasteiger partial charge in [-0.2, -0.15) is 5.10 Å². The Labute approximate surface area is 113 Å². The maximum atomic E-state index is 11.3. The Hall–Kier alpha value is -1.36. The molecule has 5 heteroatoms. The van der Waals surface area contributed by atoms with Crippen molar-refractivity contribution in [2.75, 3.05) is 19.6 Å². The molecule has 0 bridgehead atoms. The Morgan fingerprint density at radius 2 is 2.26 bits per heavy atom. The molecule has 2 unspecified atom stereocenters. The zero-order valence-electron chi connectivity index (χ0n) is 11.3. The molecule has 1 saturated carbocycles. The molecule has 1 aromatic heterocycles. The summed E-state index contributed by atoms with van der Waals surface area (Å²) < 4.78 is 1.81. The van der Waals surface area contributed by atoms with Crippen LogP contribution in [0.3, 0.4) is 0 Å². The van der Waals surface area contributed by atoms with Crippen LogP contribution in [-0.4, -0.2) is 45.4 Å². The monoisotopic (exact) mass is 263 g/mol. The predicted octanol–water partition coefficient (Wildman–Crippen LogP) is 1.01. The number of aromatic nitrogens is 2. The van der Waals surface area contributed by atoms with Crippen LogP contribution in [0, 0.1) is 17.8 Å². The Balaban J connectivity index is 1.56. The van der Waals surface area contributed by atoms with Crippen molar-refractivity contribution in [3.05, 3.63) is 18.0 Å². The van der Waals surface area contributed by atoms with Crippen LogP contribution in [0.15, 0.2) is 12.4 Å². The minimum atomic E-state index is -0.610. The molecule has 0 spiro atoms. The summed E-state index contributed by atoms with van der Waals surface area (Å²) in [6.45, 7) is 2.62. The zero-order valence-corrected chi connectivity index (χ0v) is 11.3. The van der Waals surface area contributed by atoms with Crippen molar-refractivity contribution in [2.24, 2.45) is 24.8 Å². The van der Waals surface area contributed by atoms with Crippen molar-refractivity contribution < 1.29 is 9.90 Å². The number of aliphatic carboxylic acids is 1. The van der Waals surface area contributed by atoms with E-state index in [0.29, 0.717) is 11.8 Å². The molecule has 1 N–H and O–H groups in total. The number of nitrogens with zero attached hydrogens (tertiary/aromatic N) is 3. The lowest BCUT2D eigenvalue weighted by atomic mass is 9.92. The third-order valence-corrected chi connectivity index (χ3v) is 4.46. The van der Waals surface area contributed by atoms with E-state index < -0.39 is 5.97 Å². The van der Waals surface area contributed by atoms with Crippen LogP contribution in [0.25, 0.3) is 0 Å². The first kappa shape index (κ1) is 12.7. The van der Waals surface area contributed by atoms with E-state index in [9.17, 15) is 9.90 Å². The van der Waals surface area contributed by atoms with E-state index in [1.807, 2.05) is 24.1 Å². The Bertz CT molecular complexity index is 467. The van der Waals surface area contributed by atoms with Crippen LogP contribution in [0.1, 0.15) is 18.4 Å². The number of rotatable bonds is 5. The molecule has 3 rings (SSSR count). The number of carboxylic acid groups (broad SMARTS) is 1. The highest BCUT2D eigenvalue weighted by Crippen LogP contribution is 2.44. The maximum Gasteiger partial charge on any atom is 0.308 e. The number of hydrogen-bond acceptors (Lipinski definition) is 3. The summed E-state index contributed by atoms with van der Waals surface area (Å²) in [4.78, 5) is 13.6. The van der Waals surface area contributed by atoms with Crippen LogP contribution in [-0.2, 0) is 18.3 Å². The molecule has 1 aliphatic carbocycles. The van der Waals surface area contributed by atoms with Crippen molar-refractivity contribution in [3.63, 3.8) is 0 Å². The summed E-state index contributed by atoms with van der Waals surface area (Å²) in [5, 5.41) is 13.5. The van der Waals surface area contributed by atoms with Crippen LogP contribution >= 0.6 is 0 Å². The first-order chi connectivity index (χ1) is 9.13. The van der Waals surface area contributed by atoms with Gasteiger partial charge in [0, 0.05) is 32.9 Å². The van der Waals surface area contributed by atoms with E-state index in [0.717, 1.165) is 26.1 Å². The van der Waals surface area contributed by atoms with Crippen molar-refractivity contribution in [2.45, 2.75) is 19.3 Å². The molecule has 104 valence electrons. The largest absolute Gasteiger partial charge is 0.481 e. The summed E-state index contributed by atoms with van der Waals surface area (Å²) in [6.07, 6.45) is 7.33. The van der Waals surface area contributed by atoms with Gasteiger partial charge in [0.05, 0.1) is 12.1 Å². The van der Waals surface area contributed by atoms with Gasteiger partial charge in [0.1, 0.15) is 0 Å². The average molecular weight is 263 g/mol. The quantitative estimate of drug-likeness (QED) is 0.861. The van der Waals surface area contributed by atoms with Gasteiger partial charge >= 0.3 is 5.97 Å². The van der Waals surface area contributed by atoms with Crippen LogP contribution in [0.4, 0.5) is 0 Å². The van der Waals surface area contributed by atoms with E-state index in [-0.39, 0.29) is 5.92 Å². The van der Waals surface area contributed by atoms with E-state index in [1.165, 1.54) is 18.4 Å². The van der Waals surface area contributed by atoms with Crippen LogP contribution in [0.5, 0.6) is 0 Å². The lowest BCUT2D eigenvalue weighted by Crippen LogP contribution is -2.25. The van der Waals surface area contributed by atoms with Crippen LogP contribution < -0.4 is 0 Å². The van der Waals surface area contributed by atoms with Crippen molar-refractivity contribution in [1.82, 2.24) is 14.7 Å². The fraction of sp³-hybridized carbons (Fsp3) is 0.714. The van der Waals surface area contributed by atoms with Crippen LogP contribution in [0.2, 0.25) is 0 Å². The standard InChI is InChI=1S/C14H21N3O2/c1-16-7-10(6-15-16)4-5-17-8-12(11-2-3-11)13(9-17)14(18)19/h6-7,11-13H,2-5,8-9H2,1H3,(H,18,19). The predicted molar refractivity (Wildman–Crippen MR) is 70.7 cm³/mol. The molecule has 1 aromatic rings. The van der Waals surface area contributed by atoms with Crippen molar-refractivity contribution >= 4 is 5.97 Å². The number of carboxylic acids is 1. The molecule has 2 aliphatic rings. The van der Waals surface area contributed by atoms with E-state index in [2.05, 4.69) is 10.00 Å². The van der Waals surface area contributed by atoms with Gasteiger partial charge in [0.15, 0.2) is 0 Å². The molecule has 0 radical (unpaired) electrons. The second-order valence-electron chi connectivity index (χ2n) is 5.98. The molecule has 0 amide bonds. The molecule has 5 nitrogen and oxygen atoms in total. The first-order valence-corrected chi connectivity index (χ1v) is 7.06. The molecule has 1 aliphatic heterocycles. The molecule has 2 fully saturated rings. The summed E-state index contributed by atoms with van der Waals surface area (Å²) in [7, 11) is 1.92. The minimum Gasteiger partial charge on any atom is -0.481 e. The summed E-state index contributed by atoms with van der Waals surface area (Å²) >= 11 is 0. The Kier molecular flexibility index (Phi) is 3.31. The average Bonchev–Trinajstić information content (AvgIpc) is 2.98. The van der Waals surface area contributed by atoms with E-state index >= 15 is 0 Å². The molecule has 19 heavy (non-hydrogen) atoms. The first-order valence-electron chi connectivity index (χ1n) is 7.06. The number of aryl methyl sites for hydroxylation is 1. The van der Waals surface area contributed by atoms with E-state index in [1.54, 1.807) is 0 Å². The van der Waals surface area contributed by atoms with Gasteiger partial charge < -0.3 is 10.0 Å². The smallest absolute Gasteiger partial charge is 0.308 e. The van der Waals surface area contributed by atoms with Gasteiger partial charge in [0.2, 0.25) is 0 Å². The van der Waals surface area contributed by atoms with Gasteiger partial charge in [-0.3, -0.25) is 9.48 Å². The summed E-state index contributed by atoms with van der Waals surface area (Å²) in [6, 6.07) is 0. The highest BCUT2D eigenvalue weighted by atomic mass is 16.4. The van der Waals surface area contributed by atoms with Gasteiger partial charge in [-0.25, -0.2) is 0 Å². The van der Waals surface area contributed by atoms with Gasteiger partial charge in [-0.1, -0.05) is 0 Å². The molecular weight excluding hydrogens is 242 g/mol. The highest BCUT2D eigenvalue weighted by molar-refractivity contribution is 5.71. The fourth-order valence-corrected chi connectivity index (χ4v) is 3.25. The third kappa shape index (κ3) is 2.81. The van der Waals surface area contributed by atoms with Crippen molar-refractivity contribution in [3.8, 4) is 0 Å². The fourth-order valence-electron chi connectivity index (χ4n) is 3.25. The lowest BCUT2D eigenvalue weighted by Gasteiger charge is -2.14. The summed E-state index contributed by atoms with van der Waals surface area (Å²) in [5.41, 5.74) is 1.23. The molecular formula is C14H21N3O2. The molecule has 2 heterocycles. The van der Waals surface area contributed by atoms with Gasteiger partial charge in [-0.15, -0.1) is 0 Å². The van der Waals surface area contributed by atoms with Gasteiger partial charge in [-0.05, 0) is 36.7 Å². The number of likely N-dealkylation sites (tertiary alicyclic amines) is 1. The second-order valence-corrected chi connectivity index (χ2v) is 5.98. The molecule has 0 aromatic carbocycles. The Morgan fingerprint density at radius 1 is 1.47 bits per heavy atom. The second kappa shape index (κ2) is 4.96. The maximum absolute atomic E-state index is 11.3. The molecule has 1 saturated heterocycles. The molecule has 2 atom stereocenters. The number of hydrogen-bond donors (Lipinski definition) is 1. The third-order valence-electron chi connectivity index (χ3n) is 4.46. The Morgan fingerprint density at radius 3 is 2.84 bits per heavy atom. The minimum absolute atomic E-state index is 0.151. The number of carbonyl (C=O) groups is 1. The highest BCUT2D eigenvalue weighted by Gasteiger charge is 2.45. The summed E-state index contributed by atoms with van der Waals surface area (Å²) in [5.74, 6) is 0.290. The topological polar surface area (TPSA) is 58.4 Å².